The zero-order chi connectivity index (χ0) is 18.9. The zero-order valence-electron chi connectivity index (χ0n) is 13.4. The van der Waals surface area contributed by atoms with Crippen LogP contribution in [0.3, 0.4) is 0 Å². The third kappa shape index (κ3) is 3.43. The Hall–Kier alpha value is -2.80. The number of halogens is 4. The average molecular weight is 381 g/mol. The second-order valence-electron chi connectivity index (χ2n) is 5.34. The van der Waals surface area contributed by atoms with Gasteiger partial charge in [0.25, 0.3) is 0 Å². The second-order valence-corrected chi connectivity index (χ2v) is 5.75. The summed E-state index contributed by atoms with van der Waals surface area (Å²) >= 11 is 6.03. The lowest BCUT2D eigenvalue weighted by Crippen LogP contribution is -2.05. The van der Waals surface area contributed by atoms with Crippen LogP contribution in [0.1, 0.15) is 11.1 Å². The number of phenols is 1. The van der Waals surface area contributed by atoms with E-state index in [4.69, 9.17) is 16.3 Å². The van der Waals surface area contributed by atoms with E-state index < -0.39 is 11.7 Å². The van der Waals surface area contributed by atoms with Crippen LogP contribution in [0.25, 0.3) is 17.2 Å². The van der Waals surface area contributed by atoms with Crippen molar-refractivity contribution < 1.29 is 23.0 Å². The van der Waals surface area contributed by atoms with E-state index in [0.717, 1.165) is 12.1 Å². The van der Waals surface area contributed by atoms with Crippen LogP contribution in [-0.2, 0) is 6.18 Å². The Morgan fingerprint density at radius 2 is 1.85 bits per heavy atom. The number of phenolic OH excluding ortho intramolecular Hbond substituents is 1. The van der Waals surface area contributed by atoms with Gasteiger partial charge >= 0.3 is 6.18 Å². The van der Waals surface area contributed by atoms with E-state index in [0.29, 0.717) is 11.4 Å². The molecule has 0 saturated carbocycles. The molecule has 1 heterocycles. The van der Waals surface area contributed by atoms with Gasteiger partial charge in [0.15, 0.2) is 17.3 Å². The molecule has 0 aliphatic carbocycles. The van der Waals surface area contributed by atoms with Gasteiger partial charge in [-0.2, -0.15) is 13.2 Å². The highest BCUT2D eigenvalue weighted by atomic mass is 35.5. The minimum absolute atomic E-state index is 0.00428. The molecule has 0 saturated heterocycles. The number of alkyl halides is 3. The van der Waals surface area contributed by atoms with Gasteiger partial charge in [-0.1, -0.05) is 23.7 Å². The van der Waals surface area contributed by atoms with E-state index in [1.807, 2.05) is 0 Å². The topological polar surface area (TPSA) is 54.2 Å². The molecule has 0 fully saturated rings. The molecule has 134 valence electrons. The van der Waals surface area contributed by atoms with Crippen LogP contribution in [0.2, 0.25) is 5.02 Å². The molecule has 8 heteroatoms. The molecule has 2 aromatic carbocycles. The highest BCUT2D eigenvalue weighted by Gasteiger charge is 2.31. The first-order valence-corrected chi connectivity index (χ1v) is 7.74. The lowest BCUT2D eigenvalue weighted by atomic mass is 9.96. The molecule has 0 atom stereocenters. The maximum absolute atomic E-state index is 13.1. The fourth-order valence-electron chi connectivity index (χ4n) is 2.56. The fraction of sp³-hybridized carbons (Fsp3) is 0.111. The summed E-state index contributed by atoms with van der Waals surface area (Å²) in [4.78, 5) is 8.04. The van der Waals surface area contributed by atoms with Crippen LogP contribution in [0.5, 0.6) is 11.5 Å². The minimum atomic E-state index is -4.50. The molecule has 2 aromatic rings. The molecule has 3 rings (SSSR count). The Bertz CT molecular complexity index is 936. The molecule has 0 spiro atoms. The summed E-state index contributed by atoms with van der Waals surface area (Å²) in [6.07, 6.45) is 0.00385. The summed E-state index contributed by atoms with van der Waals surface area (Å²) in [5.41, 5.74) is 0.0592. The molecule has 1 N–H and O–H groups in total. The van der Waals surface area contributed by atoms with Crippen molar-refractivity contribution in [2.24, 2.45) is 9.98 Å². The molecule has 0 unspecified atom stereocenters. The van der Waals surface area contributed by atoms with Gasteiger partial charge in [0.05, 0.1) is 17.7 Å². The third-order valence-corrected chi connectivity index (χ3v) is 3.97. The molecular weight excluding hydrogens is 369 g/mol. The van der Waals surface area contributed by atoms with Gasteiger partial charge in [0, 0.05) is 18.0 Å². The second kappa shape index (κ2) is 6.84. The van der Waals surface area contributed by atoms with Crippen molar-refractivity contribution >= 4 is 30.1 Å². The van der Waals surface area contributed by atoms with Crippen molar-refractivity contribution in [3.63, 3.8) is 0 Å². The summed E-state index contributed by atoms with van der Waals surface area (Å²) in [6.45, 7) is 0. The number of hydrogen-bond donors (Lipinski definition) is 1. The number of nitrogens with zero attached hydrogens (tertiary/aromatic N) is 2. The number of ether oxygens (including phenoxy) is 1. The zero-order valence-corrected chi connectivity index (χ0v) is 14.1. The Kier molecular flexibility index (Phi) is 4.73. The van der Waals surface area contributed by atoms with Gasteiger partial charge in [0.1, 0.15) is 0 Å². The monoisotopic (exact) mass is 380 g/mol. The molecule has 1 aliphatic heterocycles. The smallest absolute Gasteiger partial charge is 0.416 e. The Morgan fingerprint density at radius 3 is 2.46 bits per heavy atom. The SMILES string of the molecule is COc1c(O)c(Cl)cc(C=C2N=CC=N2)c1-c1cccc(C(F)(F)F)c1. The highest BCUT2D eigenvalue weighted by molar-refractivity contribution is 6.32. The Labute approximate surface area is 151 Å². The van der Waals surface area contributed by atoms with Gasteiger partial charge < -0.3 is 9.84 Å². The summed E-state index contributed by atoms with van der Waals surface area (Å²) in [7, 11) is 1.30. The van der Waals surface area contributed by atoms with Gasteiger partial charge in [-0.3, -0.25) is 0 Å². The summed E-state index contributed by atoms with van der Waals surface area (Å²) in [5.74, 6) is -0.0428. The predicted molar refractivity (Wildman–Crippen MR) is 95.1 cm³/mol. The van der Waals surface area contributed by atoms with Crippen LogP contribution >= 0.6 is 11.6 Å². The quantitative estimate of drug-likeness (QED) is 0.796. The van der Waals surface area contributed by atoms with Crippen LogP contribution in [0.4, 0.5) is 13.2 Å². The first-order chi connectivity index (χ1) is 12.3. The van der Waals surface area contributed by atoms with E-state index in [-0.39, 0.29) is 27.6 Å². The van der Waals surface area contributed by atoms with Crippen molar-refractivity contribution in [3.05, 3.63) is 52.3 Å². The van der Waals surface area contributed by atoms with Gasteiger partial charge in [0.2, 0.25) is 0 Å². The molecule has 0 radical (unpaired) electrons. The van der Waals surface area contributed by atoms with Crippen molar-refractivity contribution in [3.8, 4) is 22.6 Å². The normalized spacial score (nSPS) is 13.3. The summed E-state index contributed by atoms with van der Waals surface area (Å²) in [6, 6.07) is 6.14. The van der Waals surface area contributed by atoms with E-state index in [9.17, 15) is 18.3 Å². The Morgan fingerprint density at radius 1 is 1.15 bits per heavy atom. The molecule has 0 aromatic heterocycles. The van der Waals surface area contributed by atoms with Crippen LogP contribution in [-0.4, -0.2) is 24.6 Å². The highest BCUT2D eigenvalue weighted by Crippen LogP contribution is 2.46. The van der Waals surface area contributed by atoms with E-state index >= 15 is 0 Å². The van der Waals surface area contributed by atoms with E-state index in [1.165, 1.54) is 37.7 Å². The van der Waals surface area contributed by atoms with Crippen LogP contribution in [0.15, 0.2) is 46.1 Å². The number of aliphatic imine (C=N–C) groups is 2. The maximum atomic E-state index is 13.1. The molecule has 4 nitrogen and oxygen atoms in total. The first kappa shape index (κ1) is 18.0. The lowest BCUT2D eigenvalue weighted by molar-refractivity contribution is -0.137. The molecule has 26 heavy (non-hydrogen) atoms. The van der Waals surface area contributed by atoms with E-state index in [2.05, 4.69) is 9.98 Å². The first-order valence-electron chi connectivity index (χ1n) is 7.36. The summed E-state index contributed by atoms with van der Waals surface area (Å²) < 4.78 is 44.5. The largest absolute Gasteiger partial charge is 0.503 e. The molecule has 0 amide bonds. The predicted octanol–water partition coefficient (Wildman–Crippen LogP) is 5.19. The number of hydrogen-bond acceptors (Lipinski definition) is 4. The van der Waals surface area contributed by atoms with E-state index in [1.54, 1.807) is 6.08 Å². The van der Waals surface area contributed by atoms with Gasteiger partial charge in [-0.25, -0.2) is 9.98 Å². The molecule has 1 aliphatic rings. The van der Waals surface area contributed by atoms with Crippen molar-refractivity contribution in [1.82, 2.24) is 0 Å². The maximum Gasteiger partial charge on any atom is 0.416 e. The number of aromatic hydroxyl groups is 1. The summed E-state index contributed by atoms with van der Waals surface area (Å²) in [5, 5.41) is 10.2. The molecule has 0 bridgehead atoms. The standard InChI is InChI=1S/C18H12ClF3N2O2/c1-26-17-15(10-3-2-4-12(7-10)18(20,21)22)11(8-13(19)16(17)25)9-14-23-5-6-24-14/h2-9,25H,1H3. The van der Waals surface area contributed by atoms with Crippen LogP contribution in [0, 0.1) is 0 Å². The number of benzene rings is 2. The van der Waals surface area contributed by atoms with Crippen molar-refractivity contribution in [2.45, 2.75) is 6.18 Å². The lowest BCUT2D eigenvalue weighted by Gasteiger charge is -2.16. The number of rotatable bonds is 3. The average Bonchev–Trinajstić information content (AvgIpc) is 3.10. The van der Waals surface area contributed by atoms with Gasteiger partial charge in [-0.05, 0) is 35.4 Å². The number of methoxy groups -OCH3 is 1. The Balaban J connectivity index is 2.28. The van der Waals surface area contributed by atoms with Gasteiger partial charge in [-0.15, -0.1) is 0 Å². The molecular formula is C18H12ClF3N2O2. The minimum Gasteiger partial charge on any atom is -0.503 e. The van der Waals surface area contributed by atoms with Crippen molar-refractivity contribution in [1.29, 1.82) is 0 Å². The van der Waals surface area contributed by atoms with Crippen LogP contribution < -0.4 is 4.74 Å². The third-order valence-electron chi connectivity index (χ3n) is 3.69. The van der Waals surface area contributed by atoms with Crippen molar-refractivity contribution in [2.75, 3.05) is 7.11 Å². The fourth-order valence-corrected chi connectivity index (χ4v) is 2.77.